The number of carbonyl (C=O) groups is 1. The lowest BCUT2D eigenvalue weighted by molar-refractivity contribution is -0.0519. The minimum Gasteiger partial charge on any atom is -0.392 e. The molecule has 0 unspecified atom stereocenters. The van der Waals surface area contributed by atoms with Crippen molar-refractivity contribution < 1.29 is 9.90 Å². The molecule has 3 fully saturated rings. The summed E-state index contributed by atoms with van der Waals surface area (Å²) in [5.41, 5.74) is 1.61. The van der Waals surface area contributed by atoms with E-state index in [0.717, 1.165) is 30.3 Å². The highest BCUT2D eigenvalue weighted by atomic mass is 16.3. The van der Waals surface area contributed by atoms with Gasteiger partial charge in [0.1, 0.15) is 0 Å². The minimum absolute atomic E-state index is 0.0266. The molecule has 0 saturated carbocycles. The highest BCUT2D eigenvalue weighted by molar-refractivity contribution is 5.94. The molecule has 1 aromatic rings. The van der Waals surface area contributed by atoms with E-state index in [1.54, 1.807) is 0 Å². The van der Waals surface area contributed by atoms with Gasteiger partial charge in [-0.25, -0.2) is 0 Å². The number of aliphatic hydroxyl groups excluding tert-OH is 1. The normalized spacial score (nSPS) is 31.5. The van der Waals surface area contributed by atoms with Crippen molar-refractivity contribution in [2.75, 3.05) is 19.6 Å². The molecule has 3 heterocycles. The lowest BCUT2D eigenvalue weighted by atomic mass is 9.74. The molecular formula is C22H32N2O2. The van der Waals surface area contributed by atoms with Crippen LogP contribution in [0.25, 0.3) is 0 Å². The first-order chi connectivity index (χ1) is 12.7. The molecule has 4 nitrogen and oxygen atoms in total. The highest BCUT2D eigenvalue weighted by Crippen LogP contribution is 2.40. The molecule has 0 spiro atoms. The smallest absolute Gasteiger partial charge is 0.253 e. The lowest BCUT2D eigenvalue weighted by Crippen LogP contribution is -2.62. The summed E-state index contributed by atoms with van der Waals surface area (Å²) < 4.78 is 0. The van der Waals surface area contributed by atoms with Gasteiger partial charge in [-0.3, -0.25) is 9.69 Å². The van der Waals surface area contributed by atoms with Gasteiger partial charge in [-0.15, -0.1) is 0 Å². The van der Waals surface area contributed by atoms with Crippen molar-refractivity contribution in [3.8, 4) is 0 Å². The summed E-state index contributed by atoms with van der Waals surface area (Å²) in [6.45, 7) is 5.32. The number of aliphatic hydroxyl groups is 1. The van der Waals surface area contributed by atoms with Gasteiger partial charge in [-0.05, 0) is 55.2 Å². The van der Waals surface area contributed by atoms with E-state index in [-0.39, 0.29) is 12.5 Å². The zero-order chi connectivity index (χ0) is 18.1. The summed E-state index contributed by atoms with van der Waals surface area (Å²) in [5, 5.41) is 9.19. The van der Waals surface area contributed by atoms with Crippen LogP contribution in [0.4, 0.5) is 0 Å². The molecular weight excluding hydrogens is 324 g/mol. The quantitative estimate of drug-likeness (QED) is 0.900. The van der Waals surface area contributed by atoms with Crippen LogP contribution in [-0.2, 0) is 6.61 Å². The van der Waals surface area contributed by atoms with Crippen molar-refractivity contribution in [1.29, 1.82) is 0 Å². The van der Waals surface area contributed by atoms with Crippen molar-refractivity contribution in [1.82, 2.24) is 9.80 Å². The van der Waals surface area contributed by atoms with E-state index < -0.39 is 0 Å². The number of benzene rings is 1. The van der Waals surface area contributed by atoms with E-state index in [9.17, 15) is 9.90 Å². The summed E-state index contributed by atoms with van der Waals surface area (Å²) in [7, 11) is 0. The molecule has 4 atom stereocenters. The Balaban J connectivity index is 1.47. The number of hydrogen-bond acceptors (Lipinski definition) is 3. The maximum Gasteiger partial charge on any atom is 0.253 e. The summed E-state index contributed by atoms with van der Waals surface area (Å²) in [6.07, 6.45) is 7.93. The van der Waals surface area contributed by atoms with E-state index in [1.165, 1.54) is 45.1 Å². The molecule has 3 saturated heterocycles. The molecule has 142 valence electrons. The SMILES string of the molecule is CCC[C@H]1CCC[C@H]2[C@@H]3C[C@@H](CN(C(=O)c4ccc(CO)cc4)C3)CN12. The third-order valence-electron chi connectivity index (χ3n) is 6.81. The summed E-state index contributed by atoms with van der Waals surface area (Å²) in [6, 6.07) is 8.90. The highest BCUT2D eigenvalue weighted by Gasteiger charge is 2.45. The molecule has 4 heteroatoms. The van der Waals surface area contributed by atoms with E-state index in [2.05, 4.69) is 16.7 Å². The first-order valence-corrected chi connectivity index (χ1v) is 10.4. The number of fused-ring (bicyclic) bond motifs is 4. The Labute approximate surface area is 157 Å². The van der Waals surface area contributed by atoms with Crippen LogP contribution in [0.15, 0.2) is 24.3 Å². The maximum atomic E-state index is 13.0. The van der Waals surface area contributed by atoms with Crippen LogP contribution in [0.2, 0.25) is 0 Å². The molecule has 1 amide bonds. The van der Waals surface area contributed by atoms with Crippen molar-refractivity contribution in [2.24, 2.45) is 11.8 Å². The fraction of sp³-hybridized carbons (Fsp3) is 0.682. The van der Waals surface area contributed by atoms with Gasteiger partial charge in [-0.2, -0.15) is 0 Å². The van der Waals surface area contributed by atoms with Gasteiger partial charge in [0.05, 0.1) is 6.61 Å². The molecule has 3 aliphatic heterocycles. The standard InChI is InChI=1S/C22H32N2O2/c1-2-4-20-5-3-6-21-19-11-17(13-24(20)21)12-23(14-19)22(26)18-9-7-16(15-25)8-10-18/h7-10,17,19-21,25H,2-6,11-15H2,1H3/t17-,19+,20-,21-/m0/s1. The maximum absolute atomic E-state index is 13.0. The van der Waals surface area contributed by atoms with Crippen LogP contribution in [0, 0.1) is 11.8 Å². The third-order valence-corrected chi connectivity index (χ3v) is 6.81. The summed E-state index contributed by atoms with van der Waals surface area (Å²) in [5.74, 6) is 1.43. The van der Waals surface area contributed by atoms with E-state index in [4.69, 9.17) is 0 Å². The molecule has 0 aliphatic carbocycles. The molecule has 0 aromatic heterocycles. The first-order valence-electron chi connectivity index (χ1n) is 10.4. The predicted octanol–water partition coefficient (Wildman–Crippen LogP) is 3.29. The molecule has 0 radical (unpaired) electrons. The number of rotatable bonds is 4. The number of piperidine rings is 3. The van der Waals surface area contributed by atoms with Gasteiger partial charge in [0, 0.05) is 37.3 Å². The predicted molar refractivity (Wildman–Crippen MR) is 103 cm³/mol. The molecule has 26 heavy (non-hydrogen) atoms. The van der Waals surface area contributed by atoms with Crippen LogP contribution in [-0.4, -0.2) is 52.5 Å². The largest absolute Gasteiger partial charge is 0.392 e. The van der Waals surface area contributed by atoms with Gasteiger partial charge >= 0.3 is 0 Å². The number of hydrogen-bond donors (Lipinski definition) is 1. The van der Waals surface area contributed by atoms with E-state index in [0.29, 0.717) is 17.9 Å². The second-order valence-electron chi connectivity index (χ2n) is 8.56. The second-order valence-corrected chi connectivity index (χ2v) is 8.56. The monoisotopic (exact) mass is 356 g/mol. The van der Waals surface area contributed by atoms with Crippen LogP contribution in [0.5, 0.6) is 0 Å². The first kappa shape index (κ1) is 18.0. The average Bonchev–Trinajstić information content (AvgIpc) is 2.68. The van der Waals surface area contributed by atoms with Crippen LogP contribution < -0.4 is 0 Å². The van der Waals surface area contributed by atoms with Crippen molar-refractivity contribution in [3.63, 3.8) is 0 Å². The van der Waals surface area contributed by atoms with Crippen LogP contribution >= 0.6 is 0 Å². The zero-order valence-electron chi connectivity index (χ0n) is 15.9. The van der Waals surface area contributed by atoms with Crippen molar-refractivity contribution >= 4 is 5.91 Å². The molecule has 1 aromatic carbocycles. The van der Waals surface area contributed by atoms with Crippen LogP contribution in [0.1, 0.15) is 61.4 Å². The number of likely N-dealkylation sites (tertiary alicyclic amines) is 1. The van der Waals surface area contributed by atoms with Gasteiger partial charge in [0.15, 0.2) is 0 Å². The molecule has 3 aliphatic rings. The van der Waals surface area contributed by atoms with Crippen molar-refractivity contribution in [2.45, 2.75) is 64.1 Å². The Bertz CT molecular complexity index is 628. The molecule has 2 bridgehead atoms. The lowest BCUT2D eigenvalue weighted by Gasteiger charge is -2.55. The summed E-state index contributed by atoms with van der Waals surface area (Å²) >= 11 is 0. The Morgan fingerprint density at radius 1 is 1.15 bits per heavy atom. The van der Waals surface area contributed by atoms with Gasteiger partial charge in [0.25, 0.3) is 5.91 Å². The minimum atomic E-state index is 0.0266. The Kier molecular flexibility index (Phi) is 5.32. The zero-order valence-corrected chi connectivity index (χ0v) is 15.9. The number of carbonyl (C=O) groups excluding carboxylic acids is 1. The third kappa shape index (κ3) is 3.41. The average molecular weight is 357 g/mol. The Morgan fingerprint density at radius 2 is 1.96 bits per heavy atom. The van der Waals surface area contributed by atoms with Gasteiger partial charge in [0.2, 0.25) is 0 Å². The Hall–Kier alpha value is -1.39. The molecule has 1 N–H and O–H groups in total. The van der Waals surface area contributed by atoms with E-state index in [1.807, 2.05) is 24.3 Å². The van der Waals surface area contributed by atoms with Crippen molar-refractivity contribution in [3.05, 3.63) is 35.4 Å². The fourth-order valence-electron chi connectivity index (χ4n) is 5.66. The van der Waals surface area contributed by atoms with Gasteiger partial charge in [-0.1, -0.05) is 31.9 Å². The van der Waals surface area contributed by atoms with Crippen LogP contribution in [0.3, 0.4) is 0 Å². The van der Waals surface area contributed by atoms with Gasteiger partial charge < -0.3 is 10.0 Å². The Morgan fingerprint density at radius 3 is 2.69 bits per heavy atom. The number of nitrogens with zero attached hydrogens (tertiary/aromatic N) is 2. The molecule has 4 rings (SSSR count). The fourth-order valence-corrected chi connectivity index (χ4v) is 5.66. The summed E-state index contributed by atoms with van der Waals surface area (Å²) in [4.78, 5) is 17.9. The van der Waals surface area contributed by atoms with E-state index >= 15 is 0 Å². The second kappa shape index (κ2) is 7.69. The number of amides is 1. The topological polar surface area (TPSA) is 43.8 Å².